The van der Waals surface area contributed by atoms with Crippen molar-refractivity contribution in [3.8, 4) is 0 Å². The van der Waals surface area contributed by atoms with E-state index in [1.54, 1.807) is 0 Å². The molecule has 0 saturated heterocycles. The molecular formula is C20H38N6O. The molecule has 1 unspecified atom stereocenters. The van der Waals surface area contributed by atoms with Gasteiger partial charge in [0.05, 0.1) is 12.2 Å². The molecule has 1 aromatic rings. The summed E-state index contributed by atoms with van der Waals surface area (Å²) >= 11 is 0. The summed E-state index contributed by atoms with van der Waals surface area (Å²) in [5.74, 6) is 0.858. The molecule has 0 spiro atoms. The van der Waals surface area contributed by atoms with Gasteiger partial charge in [-0.1, -0.05) is 19.3 Å². The van der Waals surface area contributed by atoms with Crippen molar-refractivity contribution in [3.05, 3.63) is 18.0 Å². The molecule has 154 valence electrons. The highest BCUT2D eigenvalue weighted by molar-refractivity contribution is 5.79. The summed E-state index contributed by atoms with van der Waals surface area (Å²) in [6.45, 7) is 4.72. The van der Waals surface area contributed by atoms with Crippen molar-refractivity contribution in [1.82, 2.24) is 25.3 Å². The molecule has 1 aromatic heterocycles. The van der Waals surface area contributed by atoms with Gasteiger partial charge < -0.3 is 20.6 Å². The Morgan fingerprint density at radius 3 is 2.63 bits per heavy atom. The second-order valence-electron chi connectivity index (χ2n) is 8.04. The van der Waals surface area contributed by atoms with Gasteiger partial charge in [0.25, 0.3) is 0 Å². The molecule has 1 heterocycles. The molecule has 1 aliphatic rings. The highest BCUT2D eigenvalue weighted by Crippen LogP contribution is 2.39. The Bertz CT molecular complexity index is 571. The highest BCUT2D eigenvalue weighted by Gasteiger charge is 2.31. The van der Waals surface area contributed by atoms with Crippen LogP contribution >= 0.6 is 0 Å². The number of guanidine groups is 1. The van der Waals surface area contributed by atoms with Crippen LogP contribution in [0.1, 0.15) is 57.1 Å². The summed E-state index contributed by atoms with van der Waals surface area (Å²) in [5, 5.41) is 20.7. The van der Waals surface area contributed by atoms with Gasteiger partial charge in [-0.25, -0.2) is 0 Å². The number of hydrogen-bond donors (Lipinski definition) is 3. The lowest BCUT2D eigenvalue weighted by molar-refractivity contribution is 0.137. The lowest BCUT2D eigenvalue weighted by Gasteiger charge is -2.36. The van der Waals surface area contributed by atoms with Crippen LogP contribution in [0.15, 0.2) is 17.4 Å². The molecule has 0 radical (unpaired) electrons. The Labute approximate surface area is 164 Å². The maximum atomic E-state index is 9.52. The van der Waals surface area contributed by atoms with E-state index in [0.29, 0.717) is 0 Å². The van der Waals surface area contributed by atoms with Crippen LogP contribution in [0.3, 0.4) is 0 Å². The quantitative estimate of drug-likeness (QED) is 0.452. The van der Waals surface area contributed by atoms with Crippen LogP contribution in [0.2, 0.25) is 0 Å². The molecule has 1 fully saturated rings. The van der Waals surface area contributed by atoms with Gasteiger partial charge in [-0.3, -0.25) is 9.67 Å². The number of likely N-dealkylation sites (N-methyl/N-ethyl adjacent to an activating group) is 1. The van der Waals surface area contributed by atoms with Crippen LogP contribution in [-0.2, 0) is 7.05 Å². The molecule has 0 amide bonds. The van der Waals surface area contributed by atoms with Crippen molar-refractivity contribution < 1.29 is 5.11 Å². The van der Waals surface area contributed by atoms with Gasteiger partial charge in [0.1, 0.15) is 0 Å². The predicted octanol–water partition coefficient (Wildman–Crippen LogP) is 1.91. The zero-order valence-electron chi connectivity index (χ0n) is 17.5. The first-order valence-corrected chi connectivity index (χ1v) is 10.3. The van der Waals surface area contributed by atoms with E-state index in [1.165, 1.54) is 37.7 Å². The van der Waals surface area contributed by atoms with Crippen molar-refractivity contribution in [1.29, 1.82) is 0 Å². The molecule has 3 N–H and O–H groups in total. The fourth-order valence-electron chi connectivity index (χ4n) is 4.02. The van der Waals surface area contributed by atoms with Crippen molar-refractivity contribution in [2.24, 2.45) is 17.5 Å². The standard InChI is InChI=1S/C20H38N6O/c1-5-21-19(23-16-20(11-12-27)9-7-6-8-10-20)22-14-18(25(2)3)17-13-24-26(4)15-17/h13,15,18,27H,5-12,14,16H2,1-4H3,(H2,21,22,23). The number of nitrogens with zero attached hydrogens (tertiary/aromatic N) is 4. The maximum absolute atomic E-state index is 9.52. The number of nitrogens with one attached hydrogen (secondary N) is 2. The predicted molar refractivity (Wildman–Crippen MR) is 111 cm³/mol. The maximum Gasteiger partial charge on any atom is 0.191 e. The summed E-state index contributed by atoms with van der Waals surface area (Å²) < 4.78 is 1.84. The molecule has 7 nitrogen and oxygen atoms in total. The van der Waals surface area contributed by atoms with Crippen LogP contribution < -0.4 is 10.6 Å². The Morgan fingerprint density at radius 2 is 2.07 bits per heavy atom. The van der Waals surface area contributed by atoms with E-state index in [-0.39, 0.29) is 18.1 Å². The van der Waals surface area contributed by atoms with E-state index in [2.05, 4.69) is 47.8 Å². The zero-order chi connectivity index (χ0) is 19.7. The lowest BCUT2D eigenvalue weighted by Crippen LogP contribution is -2.42. The number of aromatic nitrogens is 2. The third-order valence-corrected chi connectivity index (χ3v) is 5.67. The first-order valence-electron chi connectivity index (χ1n) is 10.3. The number of rotatable bonds is 9. The molecule has 0 aliphatic heterocycles. The van der Waals surface area contributed by atoms with Crippen LogP contribution in [0.4, 0.5) is 0 Å². The largest absolute Gasteiger partial charge is 0.396 e. The fourth-order valence-corrected chi connectivity index (χ4v) is 4.02. The Kier molecular flexibility index (Phi) is 8.57. The Balaban J connectivity index is 2.03. The van der Waals surface area contributed by atoms with E-state index in [4.69, 9.17) is 4.99 Å². The molecule has 0 aromatic carbocycles. The SMILES string of the molecule is CCNC(=NCC1(CCO)CCCCC1)NCC(c1cnn(C)c1)N(C)C. The topological polar surface area (TPSA) is 77.7 Å². The van der Waals surface area contributed by atoms with Crippen molar-refractivity contribution in [2.75, 3.05) is 40.3 Å². The summed E-state index contributed by atoms with van der Waals surface area (Å²) in [6, 6.07) is 0.226. The Morgan fingerprint density at radius 1 is 1.33 bits per heavy atom. The normalized spacial score (nSPS) is 18.5. The summed E-state index contributed by atoms with van der Waals surface area (Å²) in [4.78, 5) is 7.10. The van der Waals surface area contributed by atoms with Gasteiger partial charge >= 0.3 is 0 Å². The van der Waals surface area contributed by atoms with E-state index in [1.807, 2.05) is 17.9 Å². The van der Waals surface area contributed by atoms with Crippen molar-refractivity contribution in [3.63, 3.8) is 0 Å². The summed E-state index contributed by atoms with van der Waals surface area (Å²) in [5.41, 5.74) is 1.36. The minimum Gasteiger partial charge on any atom is -0.396 e. The van der Waals surface area contributed by atoms with Gasteiger partial charge in [-0.15, -0.1) is 0 Å². The first-order chi connectivity index (χ1) is 13.0. The lowest BCUT2D eigenvalue weighted by atomic mass is 9.72. The molecule has 1 aliphatic carbocycles. The molecule has 7 heteroatoms. The average Bonchev–Trinajstić information content (AvgIpc) is 3.06. The van der Waals surface area contributed by atoms with E-state index in [0.717, 1.165) is 32.0 Å². The number of hydrogen-bond acceptors (Lipinski definition) is 4. The van der Waals surface area contributed by atoms with Crippen LogP contribution in [-0.4, -0.2) is 66.1 Å². The summed E-state index contributed by atoms with van der Waals surface area (Å²) in [7, 11) is 6.11. The monoisotopic (exact) mass is 378 g/mol. The third-order valence-electron chi connectivity index (χ3n) is 5.67. The fraction of sp³-hybridized carbons (Fsp3) is 0.800. The van der Waals surface area contributed by atoms with Crippen molar-refractivity contribution >= 4 is 5.96 Å². The average molecular weight is 379 g/mol. The number of aliphatic imine (C=N–C) groups is 1. The Hall–Kier alpha value is -1.60. The molecular weight excluding hydrogens is 340 g/mol. The van der Waals surface area contributed by atoms with Gasteiger partial charge in [0, 0.05) is 45.0 Å². The second-order valence-corrected chi connectivity index (χ2v) is 8.04. The smallest absolute Gasteiger partial charge is 0.191 e. The zero-order valence-corrected chi connectivity index (χ0v) is 17.5. The molecule has 0 bridgehead atoms. The number of aryl methyl sites for hydroxylation is 1. The highest BCUT2D eigenvalue weighted by atomic mass is 16.3. The van der Waals surface area contributed by atoms with E-state index in [9.17, 15) is 5.11 Å². The van der Waals surface area contributed by atoms with Gasteiger partial charge in [0.2, 0.25) is 0 Å². The van der Waals surface area contributed by atoms with Gasteiger partial charge in [-0.05, 0) is 45.7 Å². The molecule has 27 heavy (non-hydrogen) atoms. The third kappa shape index (κ3) is 6.50. The van der Waals surface area contributed by atoms with Crippen LogP contribution in [0.25, 0.3) is 0 Å². The van der Waals surface area contributed by atoms with Gasteiger partial charge in [0.15, 0.2) is 5.96 Å². The minimum atomic E-state index is 0.166. The molecule has 1 atom stereocenters. The van der Waals surface area contributed by atoms with E-state index < -0.39 is 0 Å². The van der Waals surface area contributed by atoms with Crippen LogP contribution in [0, 0.1) is 5.41 Å². The minimum absolute atomic E-state index is 0.166. The summed E-state index contributed by atoms with van der Waals surface area (Å²) in [6.07, 6.45) is 11.0. The number of aliphatic hydroxyl groups is 1. The first kappa shape index (κ1) is 21.7. The second kappa shape index (κ2) is 10.7. The van der Waals surface area contributed by atoms with Crippen LogP contribution in [0.5, 0.6) is 0 Å². The van der Waals surface area contributed by atoms with Crippen molar-refractivity contribution in [2.45, 2.75) is 51.5 Å². The number of aliphatic hydroxyl groups excluding tert-OH is 1. The molecule has 2 rings (SSSR count). The molecule has 1 saturated carbocycles. The van der Waals surface area contributed by atoms with Gasteiger partial charge in [-0.2, -0.15) is 5.10 Å². The van der Waals surface area contributed by atoms with E-state index >= 15 is 0 Å².